The number of benzene rings is 2. The molecule has 4 N–H and O–H groups in total. The standard InChI is InChI=1S/C20H18N6OS/c1-11-8-18-24-20(28)25-26(18)19-12(11)6-7-16(27)13(19)9-21-10-17-22-14-4-2-3-5-15(14)23-17/h2-8,21,27H,9-10H2,1H3,(H,22,23)(H,25,28). The molecule has 0 aliphatic carbocycles. The van der Waals surface area contributed by atoms with Gasteiger partial charge in [-0.25, -0.2) is 9.50 Å². The second-order valence-corrected chi connectivity index (χ2v) is 7.20. The predicted molar refractivity (Wildman–Crippen MR) is 111 cm³/mol. The summed E-state index contributed by atoms with van der Waals surface area (Å²) in [7, 11) is 0. The third-order valence-corrected chi connectivity index (χ3v) is 5.12. The van der Waals surface area contributed by atoms with Crippen LogP contribution in [-0.2, 0) is 13.1 Å². The number of H-pyrrole nitrogens is 2. The van der Waals surface area contributed by atoms with Crippen molar-refractivity contribution in [2.45, 2.75) is 20.0 Å². The molecule has 3 aromatic heterocycles. The molecule has 0 bridgehead atoms. The monoisotopic (exact) mass is 390 g/mol. The summed E-state index contributed by atoms with van der Waals surface area (Å²) < 4.78 is 2.25. The van der Waals surface area contributed by atoms with Crippen LogP contribution in [0.3, 0.4) is 0 Å². The Labute approximate surface area is 165 Å². The van der Waals surface area contributed by atoms with Crippen LogP contribution in [0.2, 0.25) is 0 Å². The maximum Gasteiger partial charge on any atom is 0.214 e. The van der Waals surface area contributed by atoms with Crippen LogP contribution in [0.15, 0.2) is 42.5 Å². The summed E-state index contributed by atoms with van der Waals surface area (Å²) in [5.74, 6) is 1.08. The predicted octanol–water partition coefficient (Wildman–Crippen LogP) is 3.73. The molecule has 0 saturated heterocycles. The summed E-state index contributed by atoms with van der Waals surface area (Å²) in [6.07, 6.45) is 0. The number of fused-ring (bicyclic) bond motifs is 4. The molecule has 0 saturated carbocycles. The van der Waals surface area contributed by atoms with Crippen LogP contribution in [0.5, 0.6) is 5.75 Å². The van der Waals surface area contributed by atoms with E-state index < -0.39 is 0 Å². The van der Waals surface area contributed by atoms with Gasteiger partial charge in [-0.3, -0.25) is 5.10 Å². The van der Waals surface area contributed by atoms with Gasteiger partial charge in [-0.2, -0.15) is 4.98 Å². The number of phenols is 1. The molecular weight excluding hydrogens is 372 g/mol. The summed E-state index contributed by atoms with van der Waals surface area (Å²) in [5.41, 5.74) is 5.42. The van der Waals surface area contributed by atoms with Crippen molar-refractivity contribution < 1.29 is 5.11 Å². The maximum absolute atomic E-state index is 10.5. The van der Waals surface area contributed by atoms with Crippen molar-refractivity contribution >= 4 is 39.8 Å². The lowest BCUT2D eigenvalue weighted by atomic mass is 10.0. The zero-order chi connectivity index (χ0) is 19.3. The minimum absolute atomic E-state index is 0.226. The van der Waals surface area contributed by atoms with Gasteiger partial charge >= 0.3 is 0 Å². The summed E-state index contributed by atoms with van der Waals surface area (Å²) in [4.78, 5) is 12.2. The molecule has 0 spiro atoms. The quantitative estimate of drug-likeness (QED) is 0.351. The Hall–Kier alpha value is -3.23. The Balaban J connectivity index is 1.52. The molecule has 8 heteroatoms. The molecule has 0 radical (unpaired) electrons. The topological polar surface area (TPSA) is 94.0 Å². The number of nitrogens with one attached hydrogen (secondary N) is 3. The van der Waals surface area contributed by atoms with E-state index in [4.69, 9.17) is 12.2 Å². The number of hydrogen-bond acceptors (Lipinski definition) is 5. The molecule has 140 valence electrons. The van der Waals surface area contributed by atoms with Crippen LogP contribution >= 0.6 is 12.2 Å². The van der Waals surface area contributed by atoms with Crippen molar-refractivity contribution in [2.75, 3.05) is 0 Å². The first-order chi connectivity index (χ1) is 13.6. The molecule has 5 rings (SSSR count). The number of nitrogens with zero attached hydrogens (tertiary/aromatic N) is 3. The van der Waals surface area contributed by atoms with Gasteiger partial charge < -0.3 is 15.4 Å². The zero-order valence-corrected chi connectivity index (χ0v) is 16.0. The Kier molecular flexibility index (Phi) is 3.88. The van der Waals surface area contributed by atoms with Gasteiger partial charge in [0.15, 0.2) is 5.65 Å². The van der Waals surface area contributed by atoms with E-state index in [1.807, 2.05) is 47.8 Å². The van der Waals surface area contributed by atoms with E-state index in [9.17, 15) is 5.11 Å². The van der Waals surface area contributed by atoms with Crippen LogP contribution in [0, 0.1) is 11.7 Å². The smallest absolute Gasteiger partial charge is 0.214 e. The largest absolute Gasteiger partial charge is 0.508 e. The average molecular weight is 390 g/mol. The molecule has 0 unspecified atom stereocenters. The van der Waals surface area contributed by atoms with Gasteiger partial charge in [0, 0.05) is 17.5 Å². The van der Waals surface area contributed by atoms with Crippen molar-refractivity contribution in [3.63, 3.8) is 0 Å². The summed E-state index contributed by atoms with van der Waals surface area (Å²) in [5, 5.41) is 18.0. The second-order valence-electron chi connectivity index (χ2n) is 6.81. The van der Waals surface area contributed by atoms with E-state index in [0.717, 1.165) is 44.5 Å². The third kappa shape index (κ3) is 2.74. The molecular formula is C20H18N6OS. The van der Waals surface area contributed by atoms with Crippen molar-refractivity contribution in [2.24, 2.45) is 0 Å². The summed E-state index contributed by atoms with van der Waals surface area (Å²) >= 11 is 5.20. The van der Waals surface area contributed by atoms with Crippen molar-refractivity contribution in [1.82, 2.24) is 29.9 Å². The second kappa shape index (κ2) is 6.43. The molecule has 0 aliphatic heterocycles. The fraction of sp³-hybridized carbons (Fsp3) is 0.150. The molecule has 0 fully saturated rings. The van der Waals surface area contributed by atoms with Gasteiger partial charge in [0.1, 0.15) is 11.6 Å². The molecule has 28 heavy (non-hydrogen) atoms. The van der Waals surface area contributed by atoms with Crippen LogP contribution in [0.4, 0.5) is 0 Å². The maximum atomic E-state index is 10.5. The van der Waals surface area contributed by atoms with Gasteiger partial charge in [0.05, 0.1) is 23.1 Å². The van der Waals surface area contributed by atoms with E-state index in [2.05, 4.69) is 25.4 Å². The number of rotatable bonds is 4. The van der Waals surface area contributed by atoms with Crippen molar-refractivity contribution in [3.8, 4) is 5.75 Å². The van der Waals surface area contributed by atoms with Crippen LogP contribution in [0.25, 0.3) is 27.6 Å². The molecule has 5 aromatic rings. The summed E-state index contributed by atoms with van der Waals surface area (Å²) in [6.45, 7) is 3.06. The first-order valence-corrected chi connectivity index (χ1v) is 9.38. The number of aromatic nitrogens is 5. The number of aryl methyl sites for hydroxylation is 1. The number of aromatic hydroxyl groups is 1. The zero-order valence-electron chi connectivity index (χ0n) is 15.2. The van der Waals surface area contributed by atoms with Gasteiger partial charge in [-0.15, -0.1) is 0 Å². The van der Waals surface area contributed by atoms with Crippen LogP contribution in [-0.4, -0.2) is 29.7 Å². The first kappa shape index (κ1) is 16.9. The fourth-order valence-corrected chi connectivity index (χ4v) is 3.82. The highest BCUT2D eigenvalue weighted by atomic mass is 32.1. The normalized spacial score (nSPS) is 11.8. The minimum Gasteiger partial charge on any atom is -0.508 e. The van der Waals surface area contributed by atoms with Gasteiger partial charge in [-0.1, -0.05) is 12.1 Å². The molecule has 0 amide bonds. The Morgan fingerprint density at radius 2 is 2.00 bits per heavy atom. The van der Waals surface area contributed by atoms with Gasteiger partial charge in [0.25, 0.3) is 0 Å². The van der Waals surface area contributed by atoms with E-state index in [1.54, 1.807) is 6.07 Å². The Morgan fingerprint density at radius 1 is 1.14 bits per heavy atom. The number of para-hydroxylation sites is 2. The highest BCUT2D eigenvalue weighted by Gasteiger charge is 2.14. The lowest BCUT2D eigenvalue weighted by molar-refractivity contribution is 0.465. The number of imidazole rings is 1. The Bertz CT molecular complexity index is 1360. The van der Waals surface area contributed by atoms with Crippen LogP contribution < -0.4 is 5.32 Å². The van der Waals surface area contributed by atoms with E-state index in [1.165, 1.54) is 0 Å². The number of phenolic OH excluding ortho intramolecular Hbond substituents is 1. The summed E-state index contributed by atoms with van der Waals surface area (Å²) in [6, 6.07) is 13.6. The molecule has 0 aliphatic rings. The average Bonchev–Trinajstić information content (AvgIpc) is 3.25. The van der Waals surface area contributed by atoms with Gasteiger partial charge in [-0.05, 0) is 55.0 Å². The number of hydrogen-bond donors (Lipinski definition) is 4. The van der Waals surface area contributed by atoms with E-state index in [0.29, 0.717) is 17.9 Å². The van der Waals surface area contributed by atoms with Crippen molar-refractivity contribution in [3.05, 3.63) is 64.2 Å². The number of aromatic amines is 2. The lowest BCUT2D eigenvalue weighted by Gasteiger charge is -2.13. The molecule has 7 nitrogen and oxygen atoms in total. The molecule has 0 atom stereocenters. The van der Waals surface area contributed by atoms with Crippen molar-refractivity contribution in [1.29, 1.82) is 0 Å². The van der Waals surface area contributed by atoms with Crippen LogP contribution in [0.1, 0.15) is 17.0 Å². The minimum atomic E-state index is 0.226. The SMILES string of the molecule is Cc1cc2nc(=S)[nH]n2c2c(CNCc3nc4ccccc4[nH]3)c(O)ccc12. The van der Waals surface area contributed by atoms with Gasteiger partial charge in [0.2, 0.25) is 4.77 Å². The highest BCUT2D eigenvalue weighted by molar-refractivity contribution is 7.71. The molecule has 2 aromatic carbocycles. The van der Waals surface area contributed by atoms with E-state index >= 15 is 0 Å². The lowest BCUT2D eigenvalue weighted by Crippen LogP contribution is -2.15. The third-order valence-electron chi connectivity index (χ3n) is 4.94. The number of pyridine rings is 1. The van der Waals surface area contributed by atoms with E-state index in [-0.39, 0.29) is 5.75 Å². The fourth-order valence-electron chi connectivity index (χ4n) is 3.64. The molecule has 3 heterocycles. The Morgan fingerprint density at radius 3 is 2.86 bits per heavy atom. The first-order valence-electron chi connectivity index (χ1n) is 8.97. The highest BCUT2D eigenvalue weighted by Crippen LogP contribution is 2.30.